The molecule has 0 amide bonds. The molecule has 0 radical (unpaired) electrons. The first-order valence-electron chi connectivity index (χ1n) is 10.8. The first-order chi connectivity index (χ1) is 16.8. The summed E-state index contributed by atoms with van der Waals surface area (Å²) in [4.78, 5) is 23.3. The van der Waals surface area contributed by atoms with Crippen LogP contribution in [0.2, 0.25) is 0 Å². The number of nitrogens with zero attached hydrogens (tertiary/aromatic N) is 4. The van der Waals surface area contributed by atoms with Gasteiger partial charge >= 0.3 is 0 Å². The molecule has 0 N–H and O–H groups in total. The van der Waals surface area contributed by atoms with E-state index in [1.807, 2.05) is 60.7 Å². The van der Waals surface area contributed by atoms with Gasteiger partial charge in [0.25, 0.3) is 0 Å². The van der Waals surface area contributed by atoms with E-state index >= 15 is 0 Å². The molecular weight excluding hydrogens is 456 g/mol. The maximum Gasteiger partial charge on any atom is 0.0894 e. The van der Waals surface area contributed by atoms with Crippen LogP contribution in [0.5, 0.6) is 0 Å². The van der Waals surface area contributed by atoms with Crippen molar-refractivity contribution in [3.63, 3.8) is 0 Å². The van der Waals surface area contributed by atoms with Crippen LogP contribution in [-0.4, -0.2) is 19.9 Å². The van der Waals surface area contributed by atoms with Crippen LogP contribution in [0.3, 0.4) is 0 Å². The van der Waals surface area contributed by atoms with E-state index in [0.717, 1.165) is 43.9 Å². The summed E-state index contributed by atoms with van der Waals surface area (Å²) in [6.45, 7) is 0. The molecule has 6 heterocycles. The number of pyridine rings is 4. The van der Waals surface area contributed by atoms with Crippen molar-refractivity contribution in [3.8, 4) is 53.7 Å². The highest BCUT2D eigenvalue weighted by Gasteiger charge is 2.12. The Labute approximate surface area is 205 Å². The van der Waals surface area contributed by atoms with Crippen molar-refractivity contribution in [1.82, 2.24) is 19.9 Å². The van der Waals surface area contributed by atoms with Gasteiger partial charge in [-0.05, 0) is 72.8 Å². The molecule has 6 aromatic rings. The molecule has 0 atom stereocenters. The summed E-state index contributed by atoms with van der Waals surface area (Å²) in [6.07, 6.45) is 3.59. The lowest BCUT2D eigenvalue weighted by Crippen LogP contribution is -1.88. The first kappa shape index (κ1) is 20.6. The fourth-order valence-corrected chi connectivity index (χ4v) is 5.72. The lowest BCUT2D eigenvalue weighted by molar-refractivity contribution is 1.25. The van der Waals surface area contributed by atoms with E-state index in [2.05, 4.69) is 46.4 Å². The summed E-state index contributed by atoms with van der Waals surface area (Å²) in [6, 6.07) is 32.6. The van der Waals surface area contributed by atoms with E-state index in [9.17, 15) is 0 Å². The predicted octanol–water partition coefficient (Wildman–Crippen LogP) is 7.72. The van der Waals surface area contributed by atoms with E-state index in [1.54, 1.807) is 35.1 Å². The Morgan fingerprint density at radius 3 is 1.21 bits per heavy atom. The van der Waals surface area contributed by atoms with Crippen molar-refractivity contribution in [1.29, 1.82) is 0 Å². The summed E-state index contributed by atoms with van der Waals surface area (Å²) in [5.74, 6) is 0. The van der Waals surface area contributed by atoms with Crippen molar-refractivity contribution >= 4 is 22.7 Å². The van der Waals surface area contributed by atoms with Crippen LogP contribution in [-0.2, 0) is 0 Å². The number of hydrogen-bond acceptors (Lipinski definition) is 6. The van der Waals surface area contributed by atoms with Gasteiger partial charge in [0.2, 0.25) is 0 Å². The Bertz CT molecular complexity index is 1440. The third-order valence-electron chi connectivity index (χ3n) is 5.31. The van der Waals surface area contributed by atoms with Crippen molar-refractivity contribution in [2.75, 3.05) is 0 Å². The summed E-state index contributed by atoms with van der Waals surface area (Å²) in [5, 5.41) is 0. The fraction of sp³-hybridized carbons (Fsp3) is 0. The zero-order chi connectivity index (χ0) is 22.7. The minimum atomic E-state index is 0.879. The van der Waals surface area contributed by atoms with Crippen LogP contribution < -0.4 is 0 Å². The molecule has 0 saturated heterocycles. The first-order valence-corrected chi connectivity index (χ1v) is 12.4. The molecule has 0 aromatic carbocycles. The van der Waals surface area contributed by atoms with Gasteiger partial charge in [0.1, 0.15) is 0 Å². The summed E-state index contributed by atoms with van der Waals surface area (Å²) in [5.41, 5.74) is 5.44. The highest BCUT2D eigenvalue weighted by molar-refractivity contribution is 7.25. The molecule has 0 aliphatic rings. The van der Waals surface area contributed by atoms with Gasteiger partial charge in [0, 0.05) is 22.1 Å². The van der Waals surface area contributed by atoms with Crippen molar-refractivity contribution in [2.24, 2.45) is 0 Å². The van der Waals surface area contributed by atoms with E-state index in [-0.39, 0.29) is 0 Å². The third kappa shape index (κ3) is 4.17. The Kier molecular flexibility index (Phi) is 5.51. The molecule has 34 heavy (non-hydrogen) atoms. The van der Waals surface area contributed by atoms with E-state index in [4.69, 9.17) is 9.97 Å². The zero-order valence-electron chi connectivity index (χ0n) is 18.0. The van der Waals surface area contributed by atoms with E-state index < -0.39 is 0 Å². The second-order valence-electron chi connectivity index (χ2n) is 7.57. The molecule has 0 bridgehead atoms. The van der Waals surface area contributed by atoms with Crippen molar-refractivity contribution in [3.05, 3.63) is 109 Å². The quantitative estimate of drug-likeness (QED) is 0.257. The number of aromatic nitrogens is 4. The minimum Gasteiger partial charge on any atom is -0.255 e. The molecule has 0 fully saturated rings. The lowest BCUT2D eigenvalue weighted by Gasteiger charge is -2.02. The molecule has 0 aliphatic heterocycles. The molecule has 162 valence electrons. The number of rotatable bonds is 5. The summed E-state index contributed by atoms with van der Waals surface area (Å²) >= 11 is 3.50. The molecule has 6 heteroatoms. The van der Waals surface area contributed by atoms with Crippen LogP contribution >= 0.6 is 22.7 Å². The Morgan fingerprint density at radius 1 is 0.353 bits per heavy atom. The number of thiophene rings is 2. The fourth-order valence-electron chi connectivity index (χ4n) is 3.67. The van der Waals surface area contributed by atoms with Crippen molar-refractivity contribution in [2.45, 2.75) is 0 Å². The van der Waals surface area contributed by atoms with E-state index in [0.29, 0.717) is 0 Å². The van der Waals surface area contributed by atoms with Gasteiger partial charge < -0.3 is 0 Å². The molecule has 6 aromatic heterocycles. The number of hydrogen-bond donors (Lipinski definition) is 0. The van der Waals surface area contributed by atoms with Gasteiger partial charge in [-0.1, -0.05) is 24.3 Å². The van der Waals surface area contributed by atoms with Gasteiger partial charge in [0.15, 0.2) is 0 Å². The molecule has 0 unspecified atom stereocenters. The summed E-state index contributed by atoms with van der Waals surface area (Å²) < 4.78 is 0. The highest BCUT2D eigenvalue weighted by Crippen LogP contribution is 2.40. The normalized spacial score (nSPS) is 10.9. The molecule has 0 saturated carbocycles. The zero-order valence-corrected chi connectivity index (χ0v) is 19.6. The monoisotopic (exact) mass is 474 g/mol. The molecule has 0 spiro atoms. The van der Waals surface area contributed by atoms with Crippen LogP contribution in [0.4, 0.5) is 0 Å². The highest BCUT2D eigenvalue weighted by atomic mass is 32.1. The SMILES string of the molecule is c1ccc(-c2cccc(-c3ccc(-c4ccc(-c5cccc(-c6ccccn6)n5)s4)s3)n2)nc1. The van der Waals surface area contributed by atoms with Crippen LogP contribution in [0.25, 0.3) is 53.7 Å². The van der Waals surface area contributed by atoms with E-state index in [1.165, 1.54) is 9.75 Å². The average molecular weight is 475 g/mol. The Morgan fingerprint density at radius 2 is 0.765 bits per heavy atom. The predicted molar refractivity (Wildman–Crippen MR) is 141 cm³/mol. The van der Waals surface area contributed by atoms with Gasteiger partial charge in [-0.2, -0.15) is 0 Å². The van der Waals surface area contributed by atoms with Gasteiger partial charge in [-0.25, -0.2) is 9.97 Å². The maximum atomic E-state index is 4.85. The molecular formula is C28H18N4S2. The second-order valence-corrected chi connectivity index (χ2v) is 9.74. The maximum absolute atomic E-state index is 4.85. The molecule has 4 nitrogen and oxygen atoms in total. The van der Waals surface area contributed by atoms with Crippen LogP contribution in [0.15, 0.2) is 109 Å². The minimum absolute atomic E-state index is 0.879. The Hall–Kier alpha value is -4.00. The van der Waals surface area contributed by atoms with Crippen LogP contribution in [0, 0.1) is 0 Å². The average Bonchev–Trinajstić information content (AvgIpc) is 3.60. The smallest absolute Gasteiger partial charge is 0.0894 e. The second kappa shape index (κ2) is 9.09. The summed E-state index contributed by atoms with van der Waals surface area (Å²) in [7, 11) is 0. The van der Waals surface area contributed by atoms with Crippen LogP contribution in [0.1, 0.15) is 0 Å². The largest absolute Gasteiger partial charge is 0.255 e. The third-order valence-corrected chi connectivity index (χ3v) is 7.72. The van der Waals surface area contributed by atoms with Gasteiger partial charge in [-0.15, -0.1) is 22.7 Å². The van der Waals surface area contributed by atoms with Crippen molar-refractivity contribution < 1.29 is 0 Å². The molecule has 0 aliphatic carbocycles. The van der Waals surface area contributed by atoms with Gasteiger partial charge in [-0.3, -0.25) is 9.97 Å². The standard InChI is InChI=1S/C28H18N4S2/c1-3-17-29-19(7-1)21-9-5-11-23(31-21)25-13-15-27(33-25)28-16-14-26(34-28)24-12-6-10-22(32-24)20-8-2-4-18-30-20/h1-18H. The molecule has 6 rings (SSSR count). The topological polar surface area (TPSA) is 51.6 Å². The van der Waals surface area contributed by atoms with Gasteiger partial charge in [0.05, 0.1) is 43.9 Å². The Balaban J connectivity index is 1.28. The lowest BCUT2D eigenvalue weighted by atomic mass is 10.2.